The monoisotopic (exact) mass is 484 g/mol. The number of phenolic OH excluding ortho intramolecular Hbond substituents is 1. The number of esters is 1. The van der Waals surface area contributed by atoms with Crippen molar-refractivity contribution in [3.05, 3.63) is 72.7 Å². The van der Waals surface area contributed by atoms with E-state index in [9.17, 15) is 24.8 Å². The summed E-state index contributed by atoms with van der Waals surface area (Å²) in [4.78, 5) is 38.5. The smallest absolute Gasteiger partial charge is 0.336 e. The molecule has 0 radical (unpaired) electrons. The third kappa shape index (κ3) is 4.05. The van der Waals surface area contributed by atoms with E-state index in [0.29, 0.717) is 29.0 Å². The molecule has 34 heavy (non-hydrogen) atoms. The van der Waals surface area contributed by atoms with Crippen LogP contribution in [0.2, 0.25) is 0 Å². The van der Waals surface area contributed by atoms with Crippen molar-refractivity contribution in [1.82, 2.24) is 5.32 Å². The van der Waals surface area contributed by atoms with Gasteiger partial charge >= 0.3 is 11.7 Å². The summed E-state index contributed by atoms with van der Waals surface area (Å²) in [6.45, 7) is 3.52. The number of benzene rings is 1. The molecule has 2 heterocycles. The van der Waals surface area contributed by atoms with Gasteiger partial charge in [-0.3, -0.25) is 14.9 Å². The maximum atomic E-state index is 13.5. The lowest BCUT2D eigenvalue weighted by atomic mass is 9.72. The number of rotatable bonds is 6. The Morgan fingerprint density at radius 3 is 2.74 bits per heavy atom. The third-order valence-electron chi connectivity index (χ3n) is 6.10. The summed E-state index contributed by atoms with van der Waals surface area (Å²) in [5.74, 6) is -2.41. The summed E-state index contributed by atoms with van der Waals surface area (Å²) >= 11 is 1.58. The molecule has 178 valence electrons. The molecule has 9 nitrogen and oxygen atoms in total. The van der Waals surface area contributed by atoms with E-state index >= 15 is 0 Å². The average Bonchev–Trinajstić information content (AvgIpc) is 3.33. The van der Waals surface area contributed by atoms with Gasteiger partial charge < -0.3 is 19.9 Å². The van der Waals surface area contributed by atoms with Gasteiger partial charge in [0.1, 0.15) is 0 Å². The van der Waals surface area contributed by atoms with E-state index in [1.54, 1.807) is 25.2 Å². The molecule has 10 heteroatoms. The molecule has 0 bridgehead atoms. The largest absolute Gasteiger partial charge is 0.500 e. The van der Waals surface area contributed by atoms with Crippen LogP contribution in [0.5, 0.6) is 11.5 Å². The highest BCUT2D eigenvalue weighted by Crippen LogP contribution is 2.49. The van der Waals surface area contributed by atoms with E-state index in [4.69, 9.17) is 9.47 Å². The van der Waals surface area contributed by atoms with E-state index in [0.717, 1.165) is 4.88 Å². The first-order chi connectivity index (χ1) is 16.3. The number of allylic oxidation sites excluding steroid dienone is 3. The minimum Gasteiger partial charge on any atom is -0.500 e. The van der Waals surface area contributed by atoms with Crippen molar-refractivity contribution in [3.8, 4) is 11.5 Å². The molecular formula is C24H24N2O7S. The summed E-state index contributed by atoms with van der Waals surface area (Å²) in [7, 11) is 1.28. The molecule has 1 aromatic heterocycles. The number of nitro groups is 1. The zero-order valence-corrected chi connectivity index (χ0v) is 19.7. The number of hydrogen-bond acceptors (Lipinski definition) is 9. The lowest BCUT2D eigenvalue weighted by molar-refractivity contribution is -0.386. The first-order valence-electron chi connectivity index (χ1n) is 10.8. The Morgan fingerprint density at radius 1 is 1.35 bits per heavy atom. The normalized spacial score (nSPS) is 20.0. The van der Waals surface area contributed by atoms with Gasteiger partial charge in [-0.05, 0) is 43.3 Å². The van der Waals surface area contributed by atoms with E-state index in [1.807, 2.05) is 17.5 Å². The molecule has 2 N–H and O–H groups in total. The van der Waals surface area contributed by atoms with Crippen LogP contribution in [0.4, 0.5) is 5.69 Å². The predicted molar refractivity (Wildman–Crippen MR) is 125 cm³/mol. The SMILES string of the molecule is CCOC(=O)C1=C(C)NC2=C(C(=O)C[C@H](c3cccs3)C2)[C@H]1c1cc(OC)c(O)c([N+](=O)[O-])c1. The predicted octanol–water partition coefficient (Wildman–Crippen LogP) is 4.30. The molecule has 2 aliphatic rings. The van der Waals surface area contributed by atoms with Crippen molar-refractivity contribution >= 4 is 28.8 Å². The molecule has 0 amide bonds. The lowest BCUT2D eigenvalue weighted by Gasteiger charge is -2.36. The van der Waals surface area contributed by atoms with Gasteiger partial charge in [0.2, 0.25) is 5.75 Å². The minimum absolute atomic E-state index is 0.0000309. The number of phenols is 1. The van der Waals surface area contributed by atoms with Crippen molar-refractivity contribution in [2.24, 2.45) is 0 Å². The Kier molecular flexibility index (Phi) is 6.43. The number of Topliss-reactive ketones (excluding diaryl/α,β-unsaturated/α-hetero) is 1. The number of dihydropyridines is 1. The van der Waals surface area contributed by atoms with Gasteiger partial charge in [-0.2, -0.15) is 0 Å². The number of hydrogen-bond donors (Lipinski definition) is 2. The van der Waals surface area contributed by atoms with Gasteiger partial charge in [-0.15, -0.1) is 11.3 Å². The van der Waals surface area contributed by atoms with Crippen LogP contribution in [-0.2, 0) is 14.3 Å². The number of nitrogens with one attached hydrogen (secondary N) is 1. The van der Waals surface area contributed by atoms with Crippen molar-refractivity contribution in [3.63, 3.8) is 0 Å². The number of carbonyl (C=O) groups excluding carboxylic acids is 2. The quantitative estimate of drug-likeness (QED) is 0.353. The van der Waals surface area contributed by atoms with Crippen LogP contribution < -0.4 is 10.1 Å². The number of ether oxygens (including phenoxy) is 2. The van der Waals surface area contributed by atoms with Crippen molar-refractivity contribution < 1.29 is 29.1 Å². The molecule has 1 aromatic carbocycles. The third-order valence-corrected chi connectivity index (χ3v) is 7.13. The number of carbonyl (C=O) groups is 2. The number of aromatic hydroxyl groups is 1. The summed E-state index contributed by atoms with van der Waals surface area (Å²) in [5.41, 5.74) is 1.49. The minimum atomic E-state index is -0.903. The molecule has 1 aliphatic heterocycles. The number of nitro benzene ring substituents is 1. The van der Waals surface area contributed by atoms with Crippen molar-refractivity contribution in [2.45, 2.75) is 38.5 Å². The fraction of sp³-hybridized carbons (Fsp3) is 0.333. The van der Waals surface area contributed by atoms with Crippen LogP contribution in [0.1, 0.15) is 49.0 Å². The maximum absolute atomic E-state index is 13.5. The van der Waals surface area contributed by atoms with Gasteiger partial charge in [-0.25, -0.2) is 4.79 Å². The first-order valence-corrected chi connectivity index (χ1v) is 11.6. The first kappa shape index (κ1) is 23.5. The molecule has 0 unspecified atom stereocenters. The Hall–Kier alpha value is -3.66. The number of methoxy groups -OCH3 is 1. The second kappa shape index (κ2) is 9.30. The van der Waals surface area contributed by atoms with E-state index in [1.165, 1.54) is 19.2 Å². The average molecular weight is 485 g/mol. The number of ketones is 1. The highest BCUT2D eigenvalue weighted by Gasteiger charge is 2.42. The van der Waals surface area contributed by atoms with Gasteiger partial charge in [-0.1, -0.05) is 6.07 Å². The zero-order chi connectivity index (χ0) is 24.6. The maximum Gasteiger partial charge on any atom is 0.336 e. The molecule has 0 spiro atoms. The number of nitrogens with zero attached hydrogens (tertiary/aromatic N) is 1. The Bertz CT molecular complexity index is 1230. The van der Waals surface area contributed by atoms with E-state index in [2.05, 4.69) is 5.32 Å². The van der Waals surface area contributed by atoms with E-state index < -0.39 is 28.2 Å². The molecule has 0 fully saturated rings. The van der Waals surface area contributed by atoms with Gasteiger partial charge in [0, 0.05) is 46.2 Å². The summed E-state index contributed by atoms with van der Waals surface area (Å²) in [6, 6.07) is 6.55. The molecule has 4 rings (SSSR count). The van der Waals surface area contributed by atoms with Gasteiger partial charge in [0.05, 0.1) is 24.2 Å². The Morgan fingerprint density at radius 2 is 2.12 bits per heavy atom. The number of thiophene rings is 1. The fourth-order valence-electron chi connectivity index (χ4n) is 4.65. The van der Waals surface area contributed by atoms with Crippen molar-refractivity contribution in [1.29, 1.82) is 0 Å². The molecule has 0 saturated carbocycles. The lowest BCUT2D eigenvalue weighted by Crippen LogP contribution is -2.36. The van der Waals surface area contributed by atoms with Crippen molar-refractivity contribution in [2.75, 3.05) is 13.7 Å². The highest BCUT2D eigenvalue weighted by atomic mass is 32.1. The van der Waals surface area contributed by atoms with Gasteiger partial charge in [0.15, 0.2) is 11.5 Å². The second-order valence-corrected chi connectivity index (χ2v) is 9.08. The van der Waals surface area contributed by atoms with Crippen LogP contribution in [-0.4, -0.2) is 35.5 Å². The van der Waals surface area contributed by atoms with Crippen LogP contribution in [0.15, 0.2) is 52.2 Å². The zero-order valence-electron chi connectivity index (χ0n) is 18.9. The fourth-order valence-corrected chi connectivity index (χ4v) is 5.48. The highest BCUT2D eigenvalue weighted by molar-refractivity contribution is 7.10. The molecular weight excluding hydrogens is 460 g/mol. The van der Waals surface area contributed by atoms with Gasteiger partial charge in [0.25, 0.3) is 0 Å². The molecule has 1 aliphatic carbocycles. The summed E-state index contributed by atoms with van der Waals surface area (Å²) in [5, 5.41) is 27.1. The topological polar surface area (TPSA) is 128 Å². The van der Waals surface area contributed by atoms with Crippen LogP contribution in [0.25, 0.3) is 0 Å². The second-order valence-electron chi connectivity index (χ2n) is 8.10. The molecule has 2 atom stereocenters. The van der Waals surface area contributed by atoms with E-state index in [-0.39, 0.29) is 36.1 Å². The molecule has 2 aromatic rings. The van der Waals surface area contributed by atoms with Crippen LogP contribution >= 0.6 is 11.3 Å². The van der Waals surface area contributed by atoms with Crippen LogP contribution in [0, 0.1) is 10.1 Å². The standard InChI is InChI=1S/C24H24N2O7S/c1-4-33-24(29)20-12(2)25-15-8-13(19-6-5-7-34-19)10-17(27)22(15)21(20)14-9-16(26(30)31)23(28)18(11-14)32-3/h5-7,9,11,13,21,25,28H,4,8,10H2,1-3H3/t13-,21+/m1/s1. The Balaban J connectivity index is 1.91. The summed E-state index contributed by atoms with van der Waals surface area (Å²) < 4.78 is 10.4. The van der Waals surface area contributed by atoms with Crippen LogP contribution in [0.3, 0.4) is 0 Å². The molecule has 0 saturated heterocycles. The summed E-state index contributed by atoms with van der Waals surface area (Å²) in [6.07, 6.45) is 0.812. The Labute approximate surface area is 199 Å².